The molecular formula is C15H13N3O. The fourth-order valence-corrected chi connectivity index (χ4v) is 2.25. The largest absolute Gasteiger partial charge is 0.303 e. The Bertz CT molecular complexity index is 704. The van der Waals surface area contributed by atoms with Crippen LogP contribution < -0.4 is 0 Å². The third-order valence-electron chi connectivity index (χ3n) is 3.06. The first kappa shape index (κ1) is 11.6. The topological polar surface area (TPSA) is 47.8 Å². The minimum atomic E-state index is 0.503. The van der Waals surface area contributed by atoms with E-state index >= 15 is 0 Å². The fraction of sp³-hybridized carbons (Fsp3) is 0.133. The van der Waals surface area contributed by atoms with E-state index in [1.807, 2.05) is 22.8 Å². The van der Waals surface area contributed by atoms with Crippen LogP contribution in [0.5, 0.6) is 0 Å². The highest BCUT2D eigenvalue weighted by atomic mass is 16.1. The molecule has 19 heavy (non-hydrogen) atoms. The predicted molar refractivity (Wildman–Crippen MR) is 73.3 cm³/mol. The lowest BCUT2D eigenvalue weighted by Gasteiger charge is -2.07. The fourth-order valence-electron chi connectivity index (χ4n) is 2.25. The summed E-state index contributed by atoms with van der Waals surface area (Å²) in [7, 11) is 0. The number of rotatable bonds is 4. The molecule has 0 fully saturated rings. The van der Waals surface area contributed by atoms with Gasteiger partial charge in [0, 0.05) is 29.9 Å². The van der Waals surface area contributed by atoms with Crippen LogP contribution in [0.1, 0.15) is 12.1 Å². The van der Waals surface area contributed by atoms with Crippen LogP contribution in [0, 0.1) is 0 Å². The van der Waals surface area contributed by atoms with Gasteiger partial charge in [-0.25, -0.2) is 9.97 Å². The maximum atomic E-state index is 10.6. The average Bonchev–Trinajstić information content (AvgIpc) is 2.84. The van der Waals surface area contributed by atoms with Crippen molar-refractivity contribution in [3.8, 4) is 5.95 Å². The number of benzene rings is 1. The SMILES string of the molecule is O=CCCc1cc2ccccc2n1-c1ncccn1. The smallest absolute Gasteiger partial charge is 0.234 e. The van der Waals surface area contributed by atoms with Crippen LogP contribution in [0.3, 0.4) is 0 Å². The first-order valence-corrected chi connectivity index (χ1v) is 6.20. The van der Waals surface area contributed by atoms with E-state index in [4.69, 9.17) is 0 Å². The van der Waals surface area contributed by atoms with Gasteiger partial charge in [-0.1, -0.05) is 18.2 Å². The molecule has 0 aliphatic rings. The van der Waals surface area contributed by atoms with Gasteiger partial charge < -0.3 is 4.79 Å². The van der Waals surface area contributed by atoms with Gasteiger partial charge in [0.05, 0.1) is 5.52 Å². The minimum Gasteiger partial charge on any atom is -0.303 e. The normalized spacial score (nSPS) is 10.7. The van der Waals surface area contributed by atoms with E-state index in [-0.39, 0.29) is 0 Å². The molecule has 2 heterocycles. The lowest BCUT2D eigenvalue weighted by atomic mass is 10.2. The van der Waals surface area contributed by atoms with Crippen LogP contribution >= 0.6 is 0 Å². The van der Waals surface area contributed by atoms with Crippen molar-refractivity contribution in [2.45, 2.75) is 12.8 Å². The number of hydrogen-bond acceptors (Lipinski definition) is 3. The van der Waals surface area contributed by atoms with Crippen LogP contribution in [0.4, 0.5) is 0 Å². The second-order valence-corrected chi connectivity index (χ2v) is 4.28. The Hall–Kier alpha value is -2.49. The van der Waals surface area contributed by atoms with E-state index in [2.05, 4.69) is 22.1 Å². The zero-order chi connectivity index (χ0) is 13.1. The molecule has 0 saturated carbocycles. The highest BCUT2D eigenvalue weighted by Gasteiger charge is 2.11. The van der Waals surface area contributed by atoms with Crippen molar-refractivity contribution in [2.75, 3.05) is 0 Å². The summed E-state index contributed by atoms with van der Waals surface area (Å²) >= 11 is 0. The summed E-state index contributed by atoms with van der Waals surface area (Å²) < 4.78 is 2.01. The van der Waals surface area contributed by atoms with Crippen molar-refractivity contribution in [2.24, 2.45) is 0 Å². The third kappa shape index (κ3) is 2.12. The van der Waals surface area contributed by atoms with Crippen LogP contribution in [-0.2, 0) is 11.2 Å². The number of aldehydes is 1. The molecule has 2 aromatic heterocycles. The van der Waals surface area contributed by atoms with Crippen molar-refractivity contribution in [3.05, 3.63) is 54.5 Å². The van der Waals surface area contributed by atoms with Gasteiger partial charge in [-0.3, -0.25) is 4.57 Å². The molecule has 0 unspecified atom stereocenters. The number of aromatic nitrogens is 3. The van der Waals surface area contributed by atoms with Crippen molar-refractivity contribution in [1.29, 1.82) is 0 Å². The van der Waals surface area contributed by atoms with E-state index < -0.39 is 0 Å². The molecule has 0 saturated heterocycles. The summed E-state index contributed by atoms with van der Waals surface area (Å²) in [5.41, 5.74) is 2.12. The van der Waals surface area contributed by atoms with E-state index in [9.17, 15) is 4.79 Å². The molecule has 3 rings (SSSR count). The lowest BCUT2D eigenvalue weighted by molar-refractivity contribution is -0.107. The van der Waals surface area contributed by atoms with Crippen LogP contribution in [-0.4, -0.2) is 20.8 Å². The lowest BCUT2D eigenvalue weighted by Crippen LogP contribution is -2.04. The highest BCUT2D eigenvalue weighted by Crippen LogP contribution is 2.23. The maximum Gasteiger partial charge on any atom is 0.234 e. The van der Waals surface area contributed by atoms with E-state index in [0.717, 1.165) is 22.9 Å². The van der Waals surface area contributed by atoms with Gasteiger partial charge in [0.1, 0.15) is 6.29 Å². The molecule has 0 N–H and O–H groups in total. The summed E-state index contributed by atoms with van der Waals surface area (Å²) in [6, 6.07) is 12.0. The Morgan fingerprint density at radius 2 is 1.89 bits per heavy atom. The van der Waals surface area contributed by atoms with Crippen molar-refractivity contribution in [3.63, 3.8) is 0 Å². The molecule has 0 amide bonds. The van der Waals surface area contributed by atoms with E-state index in [1.165, 1.54) is 0 Å². The summed E-state index contributed by atoms with van der Waals surface area (Å²) in [5.74, 6) is 0.643. The monoisotopic (exact) mass is 251 g/mol. The van der Waals surface area contributed by atoms with E-state index in [1.54, 1.807) is 18.5 Å². The number of carbonyl (C=O) groups excluding carboxylic acids is 1. The van der Waals surface area contributed by atoms with Gasteiger partial charge in [-0.15, -0.1) is 0 Å². The minimum absolute atomic E-state index is 0.503. The summed E-state index contributed by atoms with van der Waals surface area (Å²) in [6.07, 6.45) is 5.58. The number of carbonyl (C=O) groups is 1. The summed E-state index contributed by atoms with van der Waals surface area (Å²) in [6.45, 7) is 0. The molecule has 94 valence electrons. The van der Waals surface area contributed by atoms with Gasteiger partial charge in [0.15, 0.2) is 0 Å². The molecule has 0 aliphatic heterocycles. The Morgan fingerprint density at radius 1 is 1.11 bits per heavy atom. The second-order valence-electron chi connectivity index (χ2n) is 4.28. The first-order chi connectivity index (χ1) is 9.40. The average molecular weight is 251 g/mol. The zero-order valence-electron chi connectivity index (χ0n) is 10.4. The van der Waals surface area contributed by atoms with Crippen LogP contribution in [0.25, 0.3) is 16.9 Å². The number of nitrogens with zero attached hydrogens (tertiary/aromatic N) is 3. The Morgan fingerprint density at radius 3 is 2.68 bits per heavy atom. The molecule has 0 bridgehead atoms. The highest BCUT2D eigenvalue weighted by molar-refractivity contribution is 5.82. The van der Waals surface area contributed by atoms with Crippen LogP contribution in [0.2, 0.25) is 0 Å². The standard InChI is InChI=1S/C15H13N3O/c19-10-3-6-13-11-12-5-1-2-7-14(12)18(13)15-16-8-4-9-17-15/h1-2,4-5,7-11H,3,6H2. The molecule has 4 nitrogen and oxygen atoms in total. The Labute approximate surface area is 110 Å². The molecular weight excluding hydrogens is 238 g/mol. The van der Waals surface area contributed by atoms with Gasteiger partial charge in [-0.2, -0.15) is 0 Å². The molecule has 0 atom stereocenters. The molecule has 0 aliphatic carbocycles. The number of aryl methyl sites for hydroxylation is 1. The molecule has 1 aromatic carbocycles. The summed E-state index contributed by atoms with van der Waals surface area (Å²) in [4.78, 5) is 19.2. The van der Waals surface area contributed by atoms with Crippen molar-refractivity contribution >= 4 is 17.2 Å². The van der Waals surface area contributed by atoms with Gasteiger partial charge in [0.2, 0.25) is 5.95 Å². The molecule has 3 aromatic rings. The van der Waals surface area contributed by atoms with Gasteiger partial charge >= 0.3 is 0 Å². The van der Waals surface area contributed by atoms with Crippen molar-refractivity contribution < 1.29 is 4.79 Å². The van der Waals surface area contributed by atoms with Gasteiger partial charge in [-0.05, 0) is 24.6 Å². The molecule has 4 heteroatoms. The Kier molecular flexibility index (Phi) is 3.06. The number of hydrogen-bond donors (Lipinski definition) is 0. The van der Waals surface area contributed by atoms with Gasteiger partial charge in [0.25, 0.3) is 0 Å². The summed E-state index contributed by atoms with van der Waals surface area (Å²) in [5, 5.41) is 1.14. The third-order valence-corrected chi connectivity index (χ3v) is 3.06. The van der Waals surface area contributed by atoms with E-state index in [0.29, 0.717) is 18.8 Å². The number of para-hydroxylation sites is 1. The quantitative estimate of drug-likeness (QED) is 0.669. The Balaban J connectivity index is 2.21. The zero-order valence-corrected chi connectivity index (χ0v) is 10.4. The number of fused-ring (bicyclic) bond motifs is 1. The predicted octanol–water partition coefficient (Wildman–Crippen LogP) is 2.55. The van der Waals surface area contributed by atoms with Crippen LogP contribution in [0.15, 0.2) is 48.8 Å². The molecule has 0 radical (unpaired) electrons. The first-order valence-electron chi connectivity index (χ1n) is 6.20. The second kappa shape index (κ2) is 5.02. The molecule has 0 spiro atoms. The van der Waals surface area contributed by atoms with Crippen molar-refractivity contribution in [1.82, 2.24) is 14.5 Å². The maximum absolute atomic E-state index is 10.6.